The van der Waals surface area contributed by atoms with Crippen LogP contribution in [0.15, 0.2) is 24.3 Å². The van der Waals surface area contributed by atoms with Gasteiger partial charge in [0.25, 0.3) is 0 Å². The Labute approximate surface area is 125 Å². The van der Waals surface area contributed by atoms with Crippen molar-refractivity contribution in [3.05, 3.63) is 29.8 Å². The number of rotatable bonds is 7. The van der Waals surface area contributed by atoms with Gasteiger partial charge in [-0.05, 0) is 24.1 Å². The number of hydrogen-bond donors (Lipinski definition) is 1. The number of carbonyl (C=O) groups excluding carboxylic acids is 1. The van der Waals surface area contributed by atoms with Crippen molar-refractivity contribution in [1.82, 2.24) is 5.32 Å². The Hall–Kier alpha value is -1.66. The lowest BCUT2D eigenvalue weighted by atomic mass is 10.2. The molecule has 0 aliphatic rings. The van der Waals surface area contributed by atoms with Gasteiger partial charge in [0, 0.05) is 31.7 Å². The van der Waals surface area contributed by atoms with Crippen molar-refractivity contribution in [3.63, 3.8) is 0 Å². The van der Waals surface area contributed by atoms with E-state index in [1.807, 2.05) is 24.3 Å². The van der Waals surface area contributed by atoms with Crippen LogP contribution in [0.2, 0.25) is 0 Å². The molecule has 108 valence electrons. The molecule has 0 unspecified atom stereocenters. The molecule has 4 heteroatoms. The van der Waals surface area contributed by atoms with E-state index < -0.39 is 0 Å². The molecule has 0 heterocycles. The van der Waals surface area contributed by atoms with Crippen LogP contribution in [0.3, 0.4) is 0 Å². The highest BCUT2D eigenvalue weighted by Gasteiger charge is 2.00. The zero-order valence-corrected chi connectivity index (χ0v) is 12.5. The third-order valence-electron chi connectivity index (χ3n) is 2.66. The Balaban J connectivity index is 2.23. The Kier molecular flexibility index (Phi) is 8.33. The molecule has 0 aliphatic heterocycles. The third kappa shape index (κ3) is 7.06. The fourth-order valence-electron chi connectivity index (χ4n) is 1.58. The number of amides is 1. The van der Waals surface area contributed by atoms with Gasteiger partial charge in [0.1, 0.15) is 5.75 Å². The van der Waals surface area contributed by atoms with E-state index in [1.54, 1.807) is 7.11 Å². The molecule has 1 amide bonds. The van der Waals surface area contributed by atoms with Gasteiger partial charge in [0.05, 0.1) is 7.11 Å². The quantitative estimate of drug-likeness (QED) is 0.476. The number of hydrogen-bond acceptors (Lipinski definition) is 2. The van der Waals surface area contributed by atoms with Gasteiger partial charge in [-0.3, -0.25) is 4.79 Å². The van der Waals surface area contributed by atoms with Crippen molar-refractivity contribution >= 4 is 17.5 Å². The normalized spacial score (nSPS) is 9.50. The molecule has 20 heavy (non-hydrogen) atoms. The minimum absolute atomic E-state index is 0.0134. The second-order valence-electron chi connectivity index (χ2n) is 4.27. The summed E-state index contributed by atoms with van der Waals surface area (Å²) in [5.41, 5.74) is 1.02. The third-order valence-corrected chi connectivity index (χ3v) is 2.93. The fourth-order valence-corrected chi connectivity index (χ4v) is 1.71. The van der Waals surface area contributed by atoms with E-state index in [2.05, 4.69) is 17.2 Å². The monoisotopic (exact) mass is 293 g/mol. The SMILES string of the molecule is COc1cccc(CNC(=O)CCC#CCCCCl)c1. The Bertz CT molecular complexity index is 477. The second kappa shape index (κ2) is 10.2. The molecular formula is C16H20ClNO2. The fraction of sp³-hybridized carbons (Fsp3) is 0.438. The molecule has 0 aromatic heterocycles. The molecule has 0 saturated carbocycles. The summed E-state index contributed by atoms with van der Waals surface area (Å²) in [6.45, 7) is 0.510. The van der Waals surface area contributed by atoms with Crippen LogP contribution in [0.1, 0.15) is 31.2 Å². The molecule has 1 rings (SSSR count). The summed E-state index contributed by atoms with van der Waals surface area (Å²) >= 11 is 5.55. The van der Waals surface area contributed by atoms with Crippen LogP contribution < -0.4 is 10.1 Å². The van der Waals surface area contributed by atoms with Crippen LogP contribution in [0.25, 0.3) is 0 Å². The van der Waals surface area contributed by atoms with Crippen LogP contribution in [-0.2, 0) is 11.3 Å². The standard InChI is InChI=1S/C16H20ClNO2/c1-20-15-9-7-8-14(12-15)13-18-16(19)10-5-3-2-4-6-11-17/h7-9,12H,4-6,10-11,13H2,1H3,(H,18,19). The zero-order chi connectivity index (χ0) is 14.6. The zero-order valence-electron chi connectivity index (χ0n) is 11.7. The highest BCUT2D eigenvalue weighted by molar-refractivity contribution is 6.17. The van der Waals surface area contributed by atoms with Crippen LogP contribution in [0.5, 0.6) is 5.75 Å². The van der Waals surface area contributed by atoms with Gasteiger partial charge < -0.3 is 10.1 Å². The lowest BCUT2D eigenvalue weighted by molar-refractivity contribution is -0.121. The maximum absolute atomic E-state index is 11.6. The van der Waals surface area contributed by atoms with Crippen LogP contribution >= 0.6 is 11.6 Å². The number of halogens is 1. The minimum Gasteiger partial charge on any atom is -0.497 e. The van der Waals surface area contributed by atoms with Crippen molar-refractivity contribution in [2.75, 3.05) is 13.0 Å². The number of nitrogens with one attached hydrogen (secondary N) is 1. The summed E-state index contributed by atoms with van der Waals surface area (Å²) < 4.78 is 5.13. The summed E-state index contributed by atoms with van der Waals surface area (Å²) in [4.78, 5) is 11.6. The van der Waals surface area contributed by atoms with Gasteiger partial charge in [-0.1, -0.05) is 12.1 Å². The number of carbonyl (C=O) groups is 1. The van der Waals surface area contributed by atoms with Gasteiger partial charge in [0.2, 0.25) is 5.91 Å². The van der Waals surface area contributed by atoms with Crippen molar-refractivity contribution in [2.45, 2.75) is 32.2 Å². The average Bonchev–Trinajstić information content (AvgIpc) is 2.49. The molecule has 3 nitrogen and oxygen atoms in total. The minimum atomic E-state index is 0.0134. The van der Waals surface area contributed by atoms with E-state index in [1.165, 1.54) is 0 Å². The Morgan fingerprint density at radius 2 is 2.15 bits per heavy atom. The summed E-state index contributed by atoms with van der Waals surface area (Å²) in [6, 6.07) is 7.64. The van der Waals surface area contributed by atoms with Crippen molar-refractivity contribution < 1.29 is 9.53 Å². The van der Waals surface area contributed by atoms with E-state index in [9.17, 15) is 4.79 Å². The maximum Gasteiger partial charge on any atom is 0.221 e. The second-order valence-corrected chi connectivity index (χ2v) is 4.65. The Morgan fingerprint density at radius 1 is 1.35 bits per heavy atom. The van der Waals surface area contributed by atoms with Gasteiger partial charge in [-0.2, -0.15) is 0 Å². The first-order chi connectivity index (χ1) is 9.76. The molecule has 1 aromatic carbocycles. The first kappa shape index (κ1) is 16.4. The number of unbranched alkanes of at least 4 members (excludes halogenated alkanes) is 1. The van der Waals surface area contributed by atoms with Crippen LogP contribution in [-0.4, -0.2) is 18.9 Å². The van der Waals surface area contributed by atoms with Crippen molar-refractivity contribution in [2.24, 2.45) is 0 Å². The first-order valence-electron chi connectivity index (χ1n) is 6.67. The van der Waals surface area contributed by atoms with Crippen molar-refractivity contribution in [3.8, 4) is 17.6 Å². The maximum atomic E-state index is 11.6. The van der Waals surface area contributed by atoms with Crippen LogP contribution in [0.4, 0.5) is 0 Å². The summed E-state index contributed by atoms with van der Waals surface area (Å²) in [6.07, 6.45) is 2.72. The van der Waals surface area contributed by atoms with E-state index in [-0.39, 0.29) is 5.91 Å². The van der Waals surface area contributed by atoms with Gasteiger partial charge >= 0.3 is 0 Å². The average molecular weight is 294 g/mol. The molecular weight excluding hydrogens is 274 g/mol. The van der Waals surface area contributed by atoms with Gasteiger partial charge in [0.15, 0.2) is 0 Å². The molecule has 0 saturated heterocycles. The molecule has 0 aliphatic carbocycles. The predicted molar refractivity (Wildman–Crippen MR) is 81.8 cm³/mol. The van der Waals surface area contributed by atoms with Gasteiger partial charge in [-0.15, -0.1) is 23.4 Å². The van der Waals surface area contributed by atoms with Gasteiger partial charge in [-0.25, -0.2) is 0 Å². The highest BCUT2D eigenvalue weighted by atomic mass is 35.5. The number of ether oxygens (including phenoxy) is 1. The summed E-state index contributed by atoms with van der Waals surface area (Å²) in [5, 5.41) is 2.87. The molecule has 0 radical (unpaired) electrons. The molecule has 1 aromatic rings. The number of methoxy groups -OCH3 is 1. The lowest BCUT2D eigenvalue weighted by Gasteiger charge is -2.06. The largest absolute Gasteiger partial charge is 0.497 e. The predicted octanol–water partition coefficient (Wildman–Crippen LogP) is 3.11. The first-order valence-corrected chi connectivity index (χ1v) is 7.21. The lowest BCUT2D eigenvalue weighted by Crippen LogP contribution is -2.22. The highest BCUT2D eigenvalue weighted by Crippen LogP contribution is 2.12. The molecule has 0 atom stereocenters. The van der Waals surface area contributed by atoms with Crippen LogP contribution in [0, 0.1) is 11.8 Å². The Morgan fingerprint density at radius 3 is 2.90 bits per heavy atom. The molecule has 0 bridgehead atoms. The van der Waals surface area contributed by atoms with E-state index in [0.29, 0.717) is 25.3 Å². The number of benzene rings is 1. The van der Waals surface area contributed by atoms with Crippen molar-refractivity contribution in [1.29, 1.82) is 0 Å². The number of alkyl halides is 1. The molecule has 0 spiro atoms. The topological polar surface area (TPSA) is 38.3 Å². The summed E-state index contributed by atoms with van der Waals surface area (Å²) in [7, 11) is 1.63. The van der Waals surface area contributed by atoms with E-state index >= 15 is 0 Å². The molecule has 1 N–H and O–H groups in total. The smallest absolute Gasteiger partial charge is 0.221 e. The summed E-state index contributed by atoms with van der Waals surface area (Å²) in [5.74, 6) is 7.42. The molecule has 0 fully saturated rings. The van der Waals surface area contributed by atoms with E-state index in [0.717, 1.165) is 24.2 Å². The van der Waals surface area contributed by atoms with E-state index in [4.69, 9.17) is 16.3 Å².